The predicted molar refractivity (Wildman–Crippen MR) is 135 cm³/mol. The number of hydrogen-bond donors (Lipinski definition) is 0. The summed E-state index contributed by atoms with van der Waals surface area (Å²) in [5.74, 6) is 0.922. The Hall–Kier alpha value is -1.68. The second-order valence-electron chi connectivity index (χ2n) is 10.6. The van der Waals surface area contributed by atoms with Gasteiger partial charge < -0.3 is 19.3 Å². The molecule has 0 aliphatic carbocycles. The highest BCUT2D eigenvalue weighted by atomic mass is 35.5. The zero-order chi connectivity index (χ0) is 23.9. The van der Waals surface area contributed by atoms with Gasteiger partial charge in [-0.1, -0.05) is 0 Å². The van der Waals surface area contributed by atoms with Gasteiger partial charge in [-0.15, -0.1) is 11.3 Å². The van der Waals surface area contributed by atoms with E-state index in [0.717, 1.165) is 81.0 Å². The van der Waals surface area contributed by atoms with Crippen LogP contribution in [0.3, 0.4) is 0 Å². The fourth-order valence-electron chi connectivity index (χ4n) is 5.41. The van der Waals surface area contributed by atoms with Gasteiger partial charge in [-0.25, -0.2) is 9.78 Å². The molecule has 0 unspecified atom stereocenters. The smallest absolute Gasteiger partial charge is 0.410 e. The molecule has 3 aliphatic rings. The lowest BCUT2D eigenvalue weighted by Gasteiger charge is -2.45. The lowest BCUT2D eigenvalue weighted by atomic mass is 9.85. The molecule has 5 heterocycles. The van der Waals surface area contributed by atoms with E-state index in [1.54, 1.807) is 11.3 Å². The molecule has 10 heteroatoms. The quantitative estimate of drug-likeness (QED) is 0.564. The molecule has 34 heavy (non-hydrogen) atoms. The van der Waals surface area contributed by atoms with Crippen molar-refractivity contribution in [1.82, 2.24) is 19.8 Å². The average Bonchev–Trinajstić information content (AvgIpc) is 3.38. The molecule has 0 saturated carbocycles. The van der Waals surface area contributed by atoms with Gasteiger partial charge >= 0.3 is 6.09 Å². The Labute approximate surface area is 210 Å². The largest absolute Gasteiger partial charge is 0.444 e. The van der Waals surface area contributed by atoms with Gasteiger partial charge in [0.05, 0.1) is 23.4 Å². The number of carbonyl (C=O) groups is 1. The normalized spacial score (nSPS) is 21.5. The van der Waals surface area contributed by atoms with Gasteiger partial charge in [-0.05, 0) is 64.1 Å². The summed E-state index contributed by atoms with van der Waals surface area (Å²) >= 11 is 8.03. The Bertz CT molecular complexity index is 1040. The highest BCUT2D eigenvalue weighted by Gasteiger charge is 2.46. The second kappa shape index (κ2) is 9.41. The number of nitrogens with zero attached hydrogens (tertiary/aromatic N) is 5. The molecule has 0 aromatic carbocycles. The number of carbonyl (C=O) groups excluding carboxylic acids is 1. The maximum absolute atomic E-state index is 12.9. The lowest BCUT2D eigenvalue weighted by molar-refractivity contribution is -0.00737. The number of hydrogen-bond acceptors (Lipinski definition) is 8. The number of morpholine rings is 1. The van der Waals surface area contributed by atoms with E-state index < -0.39 is 5.60 Å². The van der Waals surface area contributed by atoms with E-state index in [0.29, 0.717) is 18.5 Å². The van der Waals surface area contributed by atoms with E-state index in [-0.39, 0.29) is 11.6 Å². The first kappa shape index (κ1) is 24.0. The number of ether oxygens (including phenoxy) is 2. The van der Waals surface area contributed by atoms with Crippen LogP contribution in [-0.2, 0) is 16.0 Å². The fourth-order valence-corrected chi connectivity index (χ4v) is 6.74. The van der Waals surface area contributed by atoms with E-state index in [4.69, 9.17) is 21.1 Å². The minimum Gasteiger partial charge on any atom is -0.444 e. The van der Waals surface area contributed by atoms with Crippen molar-refractivity contribution in [3.05, 3.63) is 16.2 Å². The fraction of sp³-hybridized carbons (Fsp3) is 0.708. The summed E-state index contributed by atoms with van der Waals surface area (Å²) in [5.41, 5.74) is 0.401. The van der Waals surface area contributed by atoms with E-state index in [9.17, 15) is 4.79 Å². The van der Waals surface area contributed by atoms with Crippen molar-refractivity contribution in [2.24, 2.45) is 0 Å². The first-order chi connectivity index (χ1) is 16.2. The summed E-state index contributed by atoms with van der Waals surface area (Å²) in [5, 5.41) is 0.293. The molecule has 0 radical (unpaired) electrons. The van der Waals surface area contributed by atoms with Crippen molar-refractivity contribution >= 4 is 45.1 Å². The summed E-state index contributed by atoms with van der Waals surface area (Å²) in [4.78, 5) is 29.9. The standard InChI is InChI=1S/C24H34ClN5O3S/c1-23(2,3)33-22(31)30-8-4-5-24(30)6-9-28(10-7-24)16-17-15-18-19(34-17)20(27-21(25)26-18)29-11-13-32-14-12-29/h15H,4-14,16H2,1-3H3. The van der Waals surface area contributed by atoms with E-state index in [1.165, 1.54) is 4.88 Å². The lowest BCUT2D eigenvalue weighted by Crippen LogP contribution is -2.54. The number of fused-ring (bicyclic) bond motifs is 1. The topological polar surface area (TPSA) is 71.0 Å². The number of thiophene rings is 1. The molecule has 2 aromatic heterocycles. The van der Waals surface area contributed by atoms with Crippen LogP contribution in [0.25, 0.3) is 10.2 Å². The molecule has 2 aromatic rings. The van der Waals surface area contributed by atoms with Crippen molar-refractivity contribution in [2.75, 3.05) is 50.8 Å². The average molecular weight is 508 g/mol. The number of piperidine rings is 1. The number of rotatable bonds is 3. The van der Waals surface area contributed by atoms with Crippen molar-refractivity contribution < 1.29 is 14.3 Å². The Balaban J connectivity index is 1.27. The van der Waals surface area contributed by atoms with Gasteiger partial charge in [-0.2, -0.15) is 4.98 Å². The van der Waals surface area contributed by atoms with Gasteiger partial charge in [0, 0.05) is 49.7 Å². The Morgan fingerprint density at radius 1 is 1.15 bits per heavy atom. The van der Waals surface area contributed by atoms with Crippen LogP contribution in [0.2, 0.25) is 5.28 Å². The SMILES string of the molecule is CC(C)(C)OC(=O)N1CCCC12CCN(Cc1cc3nc(Cl)nc(N4CCOCC4)c3s1)CC2. The molecule has 8 nitrogen and oxygen atoms in total. The monoisotopic (exact) mass is 507 g/mol. The molecular weight excluding hydrogens is 474 g/mol. The number of likely N-dealkylation sites (tertiary alicyclic amines) is 2. The third-order valence-electron chi connectivity index (χ3n) is 7.06. The van der Waals surface area contributed by atoms with E-state index >= 15 is 0 Å². The molecule has 3 aliphatic heterocycles. The maximum atomic E-state index is 12.9. The van der Waals surface area contributed by atoms with Gasteiger partial charge in [0.1, 0.15) is 5.60 Å². The minimum atomic E-state index is -0.464. The Morgan fingerprint density at radius 3 is 2.59 bits per heavy atom. The summed E-state index contributed by atoms with van der Waals surface area (Å²) in [6.07, 6.45) is 3.94. The van der Waals surface area contributed by atoms with Crippen molar-refractivity contribution in [2.45, 2.75) is 64.1 Å². The third-order valence-corrected chi connectivity index (χ3v) is 8.34. The zero-order valence-electron chi connectivity index (χ0n) is 20.3. The summed E-state index contributed by atoms with van der Waals surface area (Å²) in [6, 6.07) is 2.16. The van der Waals surface area contributed by atoms with Gasteiger partial charge in [0.15, 0.2) is 5.82 Å². The van der Waals surface area contributed by atoms with Crippen LogP contribution in [-0.4, -0.2) is 82.9 Å². The molecule has 5 rings (SSSR count). The Morgan fingerprint density at radius 2 is 1.88 bits per heavy atom. The van der Waals surface area contributed by atoms with Crippen LogP contribution in [0.5, 0.6) is 0 Å². The van der Waals surface area contributed by atoms with Crippen LogP contribution >= 0.6 is 22.9 Å². The van der Waals surface area contributed by atoms with Crippen LogP contribution in [0.1, 0.15) is 51.3 Å². The van der Waals surface area contributed by atoms with Crippen molar-refractivity contribution in [1.29, 1.82) is 0 Å². The number of aromatic nitrogens is 2. The molecular formula is C24H34ClN5O3S. The van der Waals surface area contributed by atoms with Gasteiger partial charge in [0.25, 0.3) is 0 Å². The number of anilines is 1. The summed E-state index contributed by atoms with van der Waals surface area (Å²) in [6.45, 7) is 12.5. The maximum Gasteiger partial charge on any atom is 0.410 e. The van der Waals surface area contributed by atoms with Crippen LogP contribution in [0.4, 0.5) is 10.6 Å². The first-order valence-corrected chi connectivity index (χ1v) is 13.4. The molecule has 3 saturated heterocycles. The molecule has 1 amide bonds. The molecule has 186 valence electrons. The molecule has 1 spiro atoms. The molecule has 0 N–H and O–H groups in total. The van der Waals surface area contributed by atoms with Crippen LogP contribution in [0.15, 0.2) is 6.07 Å². The zero-order valence-corrected chi connectivity index (χ0v) is 21.9. The van der Waals surface area contributed by atoms with Crippen molar-refractivity contribution in [3.8, 4) is 0 Å². The molecule has 0 bridgehead atoms. The highest BCUT2D eigenvalue weighted by molar-refractivity contribution is 7.19. The summed E-state index contributed by atoms with van der Waals surface area (Å²) < 4.78 is 12.3. The number of amides is 1. The molecule has 3 fully saturated rings. The third kappa shape index (κ3) is 4.98. The van der Waals surface area contributed by atoms with Crippen LogP contribution in [0, 0.1) is 0 Å². The molecule has 0 atom stereocenters. The first-order valence-electron chi connectivity index (χ1n) is 12.2. The summed E-state index contributed by atoms with van der Waals surface area (Å²) in [7, 11) is 0. The minimum absolute atomic E-state index is 0.0541. The number of halogens is 1. The highest BCUT2D eigenvalue weighted by Crippen LogP contribution is 2.40. The van der Waals surface area contributed by atoms with E-state index in [1.807, 2.05) is 25.7 Å². The van der Waals surface area contributed by atoms with E-state index in [2.05, 4.69) is 25.8 Å². The second-order valence-corrected chi connectivity index (χ2v) is 12.1. The van der Waals surface area contributed by atoms with Gasteiger partial charge in [0.2, 0.25) is 5.28 Å². The van der Waals surface area contributed by atoms with Crippen LogP contribution < -0.4 is 4.90 Å². The Kier molecular flexibility index (Phi) is 6.65. The van der Waals surface area contributed by atoms with Gasteiger partial charge in [-0.3, -0.25) is 4.90 Å². The van der Waals surface area contributed by atoms with Crippen molar-refractivity contribution in [3.63, 3.8) is 0 Å². The predicted octanol–water partition coefficient (Wildman–Crippen LogP) is 4.55.